The predicted octanol–water partition coefficient (Wildman–Crippen LogP) is 1.84. The first-order valence-electron chi connectivity index (χ1n) is 7.07. The van der Waals surface area contributed by atoms with Crippen LogP contribution in [0.5, 0.6) is 0 Å². The van der Waals surface area contributed by atoms with Crippen molar-refractivity contribution >= 4 is 17.7 Å². The number of amides is 1. The Bertz CT molecular complexity index is 698. The summed E-state index contributed by atoms with van der Waals surface area (Å²) in [6, 6.07) is 9.99. The van der Waals surface area contributed by atoms with Gasteiger partial charge in [-0.3, -0.25) is 9.59 Å². The maximum atomic E-state index is 11.8. The van der Waals surface area contributed by atoms with Crippen LogP contribution < -0.4 is 10.9 Å². The van der Waals surface area contributed by atoms with Crippen LogP contribution in [-0.4, -0.2) is 28.2 Å². The number of carbonyl (C=O) groups is 1. The molecule has 116 valence electrons. The molecule has 0 spiro atoms. The maximum absolute atomic E-state index is 11.8. The van der Waals surface area contributed by atoms with E-state index in [0.29, 0.717) is 23.0 Å². The number of H-pyrrole nitrogens is 1. The molecule has 1 aromatic heterocycles. The van der Waals surface area contributed by atoms with Crippen molar-refractivity contribution in [1.82, 2.24) is 15.3 Å². The number of aromatic nitrogens is 2. The largest absolute Gasteiger partial charge is 0.355 e. The molecule has 5 nitrogen and oxygen atoms in total. The van der Waals surface area contributed by atoms with E-state index in [4.69, 9.17) is 0 Å². The highest BCUT2D eigenvalue weighted by Gasteiger charge is 2.07. The van der Waals surface area contributed by atoms with Crippen LogP contribution in [0.4, 0.5) is 0 Å². The Hall–Kier alpha value is -2.08. The Morgan fingerprint density at radius 1 is 1.27 bits per heavy atom. The first kappa shape index (κ1) is 16.3. The molecular weight excluding hydrogens is 298 g/mol. The number of thioether (sulfide) groups is 1. The smallest absolute Gasteiger partial charge is 0.254 e. The number of aryl methyl sites for hydroxylation is 1. The monoisotopic (exact) mass is 317 g/mol. The fraction of sp³-hybridized carbons (Fsp3) is 0.312. The van der Waals surface area contributed by atoms with Crippen molar-refractivity contribution in [2.75, 3.05) is 12.3 Å². The van der Waals surface area contributed by atoms with E-state index in [1.807, 2.05) is 30.3 Å². The molecule has 2 rings (SSSR count). The van der Waals surface area contributed by atoms with Crippen LogP contribution in [0.3, 0.4) is 0 Å². The molecule has 0 unspecified atom stereocenters. The molecule has 1 amide bonds. The van der Waals surface area contributed by atoms with Gasteiger partial charge >= 0.3 is 0 Å². The zero-order valence-electron chi connectivity index (χ0n) is 12.7. The molecule has 0 aliphatic rings. The summed E-state index contributed by atoms with van der Waals surface area (Å²) in [5, 5.41) is 3.34. The van der Waals surface area contributed by atoms with Crippen LogP contribution in [0.15, 0.2) is 40.3 Å². The zero-order valence-corrected chi connectivity index (χ0v) is 13.5. The van der Waals surface area contributed by atoms with Gasteiger partial charge in [0.25, 0.3) is 5.56 Å². The number of benzene rings is 1. The SMILES string of the molecule is Cc1nc(SCC(=O)NCCc2ccccc2)[nH]c(=O)c1C. The van der Waals surface area contributed by atoms with Gasteiger partial charge in [-0.25, -0.2) is 4.98 Å². The summed E-state index contributed by atoms with van der Waals surface area (Å²) in [6.45, 7) is 4.11. The summed E-state index contributed by atoms with van der Waals surface area (Å²) < 4.78 is 0. The molecular formula is C16H19N3O2S. The van der Waals surface area contributed by atoms with E-state index in [9.17, 15) is 9.59 Å². The van der Waals surface area contributed by atoms with Gasteiger partial charge in [0.2, 0.25) is 5.91 Å². The van der Waals surface area contributed by atoms with Crippen molar-refractivity contribution in [3.63, 3.8) is 0 Å². The van der Waals surface area contributed by atoms with Crippen molar-refractivity contribution in [3.8, 4) is 0 Å². The van der Waals surface area contributed by atoms with Gasteiger partial charge < -0.3 is 10.3 Å². The minimum absolute atomic E-state index is 0.0678. The predicted molar refractivity (Wildman–Crippen MR) is 88.2 cm³/mol. The van der Waals surface area contributed by atoms with Crippen molar-refractivity contribution < 1.29 is 4.79 Å². The minimum atomic E-state index is -0.153. The highest BCUT2D eigenvalue weighted by molar-refractivity contribution is 7.99. The maximum Gasteiger partial charge on any atom is 0.254 e. The topological polar surface area (TPSA) is 74.8 Å². The molecule has 0 bridgehead atoms. The third-order valence-corrected chi connectivity index (χ3v) is 4.16. The number of nitrogens with one attached hydrogen (secondary N) is 2. The van der Waals surface area contributed by atoms with E-state index in [0.717, 1.165) is 6.42 Å². The standard InChI is InChI=1S/C16H19N3O2S/c1-11-12(2)18-16(19-15(11)21)22-10-14(20)17-9-8-13-6-4-3-5-7-13/h3-7H,8-10H2,1-2H3,(H,17,20)(H,18,19,21). The molecule has 0 fully saturated rings. The fourth-order valence-corrected chi connectivity index (χ4v) is 2.60. The van der Waals surface area contributed by atoms with Crippen molar-refractivity contribution in [1.29, 1.82) is 0 Å². The third-order valence-electron chi connectivity index (χ3n) is 3.29. The van der Waals surface area contributed by atoms with Crippen molar-refractivity contribution in [3.05, 3.63) is 57.5 Å². The van der Waals surface area contributed by atoms with Crippen LogP contribution in [-0.2, 0) is 11.2 Å². The Kier molecular flexibility index (Phi) is 5.77. The van der Waals surface area contributed by atoms with E-state index in [1.54, 1.807) is 13.8 Å². The minimum Gasteiger partial charge on any atom is -0.355 e. The number of hydrogen-bond acceptors (Lipinski definition) is 4. The van der Waals surface area contributed by atoms with Gasteiger partial charge in [0.05, 0.1) is 5.75 Å². The lowest BCUT2D eigenvalue weighted by atomic mass is 10.1. The molecule has 0 saturated carbocycles. The van der Waals surface area contributed by atoms with Crippen LogP contribution in [0.25, 0.3) is 0 Å². The Morgan fingerprint density at radius 2 is 2.00 bits per heavy atom. The van der Waals surface area contributed by atoms with Gasteiger partial charge in [0, 0.05) is 17.8 Å². The van der Waals surface area contributed by atoms with E-state index in [-0.39, 0.29) is 17.2 Å². The molecule has 0 aliphatic heterocycles. The van der Waals surface area contributed by atoms with Gasteiger partial charge in [-0.15, -0.1) is 0 Å². The highest BCUT2D eigenvalue weighted by Crippen LogP contribution is 2.11. The normalized spacial score (nSPS) is 10.5. The molecule has 6 heteroatoms. The van der Waals surface area contributed by atoms with Crippen molar-refractivity contribution in [2.45, 2.75) is 25.4 Å². The molecule has 22 heavy (non-hydrogen) atoms. The van der Waals surface area contributed by atoms with E-state index in [2.05, 4.69) is 15.3 Å². The van der Waals surface area contributed by atoms with E-state index < -0.39 is 0 Å². The van der Waals surface area contributed by atoms with Crippen LogP contribution >= 0.6 is 11.8 Å². The quantitative estimate of drug-likeness (QED) is 0.630. The number of aromatic amines is 1. The molecule has 2 N–H and O–H groups in total. The van der Waals surface area contributed by atoms with Gasteiger partial charge in [0.15, 0.2) is 5.16 Å². The van der Waals surface area contributed by atoms with Crippen LogP contribution in [0.1, 0.15) is 16.8 Å². The fourth-order valence-electron chi connectivity index (χ4n) is 1.86. The van der Waals surface area contributed by atoms with Gasteiger partial charge in [0.1, 0.15) is 0 Å². The van der Waals surface area contributed by atoms with E-state index >= 15 is 0 Å². The zero-order chi connectivity index (χ0) is 15.9. The molecule has 0 atom stereocenters. The second-order valence-corrected chi connectivity index (χ2v) is 5.92. The number of carbonyl (C=O) groups excluding carboxylic acids is 1. The average molecular weight is 317 g/mol. The third kappa shape index (κ3) is 4.73. The summed E-state index contributed by atoms with van der Waals surface area (Å²) in [4.78, 5) is 30.3. The summed E-state index contributed by atoms with van der Waals surface area (Å²) in [6.07, 6.45) is 0.802. The lowest BCUT2D eigenvalue weighted by molar-refractivity contribution is -0.118. The van der Waals surface area contributed by atoms with E-state index in [1.165, 1.54) is 17.3 Å². The Morgan fingerprint density at radius 3 is 2.68 bits per heavy atom. The molecule has 1 heterocycles. The number of rotatable bonds is 6. The molecule has 0 radical (unpaired) electrons. The first-order chi connectivity index (χ1) is 10.6. The Balaban J connectivity index is 1.77. The van der Waals surface area contributed by atoms with Gasteiger partial charge in [-0.2, -0.15) is 0 Å². The van der Waals surface area contributed by atoms with Gasteiger partial charge in [-0.1, -0.05) is 42.1 Å². The summed E-state index contributed by atoms with van der Waals surface area (Å²) >= 11 is 1.23. The average Bonchev–Trinajstić information content (AvgIpc) is 2.51. The number of hydrogen-bond donors (Lipinski definition) is 2. The molecule has 2 aromatic rings. The lowest BCUT2D eigenvalue weighted by Crippen LogP contribution is -2.27. The summed E-state index contributed by atoms with van der Waals surface area (Å²) in [5.41, 5.74) is 2.34. The summed E-state index contributed by atoms with van der Waals surface area (Å²) in [5.74, 6) is 0.169. The molecule has 0 saturated heterocycles. The lowest BCUT2D eigenvalue weighted by Gasteiger charge is -2.06. The molecule has 0 aliphatic carbocycles. The second kappa shape index (κ2) is 7.79. The van der Waals surface area contributed by atoms with Crippen molar-refractivity contribution in [2.24, 2.45) is 0 Å². The first-order valence-corrected chi connectivity index (χ1v) is 8.06. The van der Waals surface area contributed by atoms with Crippen LogP contribution in [0, 0.1) is 13.8 Å². The highest BCUT2D eigenvalue weighted by atomic mass is 32.2. The van der Waals surface area contributed by atoms with Crippen LogP contribution in [0.2, 0.25) is 0 Å². The summed E-state index contributed by atoms with van der Waals surface area (Å²) in [7, 11) is 0. The van der Waals surface area contributed by atoms with Gasteiger partial charge in [-0.05, 0) is 25.8 Å². The Labute approximate surface area is 133 Å². The second-order valence-electron chi connectivity index (χ2n) is 4.96. The molecule has 1 aromatic carbocycles. The number of nitrogens with zero attached hydrogens (tertiary/aromatic N) is 1.